The number of amides is 1. The third-order valence-electron chi connectivity index (χ3n) is 3.82. The maximum absolute atomic E-state index is 12.2. The molecule has 3 rings (SSSR count). The van der Waals surface area contributed by atoms with Gasteiger partial charge in [0.25, 0.3) is 0 Å². The van der Waals surface area contributed by atoms with E-state index in [0.717, 1.165) is 17.1 Å². The molecule has 0 unspecified atom stereocenters. The summed E-state index contributed by atoms with van der Waals surface area (Å²) in [5.74, 6) is 1.63. The van der Waals surface area contributed by atoms with Crippen LogP contribution in [0, 0.1) is 0 Å². The van der Waals surface area contributed by atoms with Gasteiger partial charge in [0.1, 0.15) is 5.75 Å². The van der Waals surface area contributed by atoms with E-state index in [4.69, 9.17) is 16.3 Å². The minimum absolute atomic E-state index is 0.115. The second-order valence-electron chi connectivity index (χ2n) is 5.63. The van der Waals surface area contributed by atoms with Gasteiger partial charge in [-0.2, -0.15) is 0 Å². The van der Waals surface area contributed by atoms with Crippen LogP contribution in [0.1, 0.15) is 6.92 Å². The van der Waals surface area contributed by atoms with E-state index in [0.29, 0.717) is 22.4 Å². The molecule has 1 heterocycles. The summed E-state index contributed by atoms with van der Waals surface area (Å²) in [6.07, 6.45) is 0. The van der Waals surface area contributed by atoms with Crippen molar-refractivity contribution in [3.63, 3.8) is 0 Å². The zero-order valence-electron chi connectivity index (χ0n) is 15.0. The number of nitrogens with one attached hydrogen (secondary N) is 1. The molecular weight excluding hydrogens is 384 g/mol. The Hall–Kier alpha value is -2.51. The quantitative estimate of drug-likeness (QED) is 0.594. The number of rotatable bonds is 7. The Balaban J connectivity index is 1.69. The number of thioether (sulfide) groups is 1. The van der Waals surface area contributed by atoms with Gasteiger partial charge in [-0.3, -0.25) is 4.79 Å². The molecule has 1 aromatic heterocycles. The first-order valence-corrected chi connectivity index (χ1v) is 9.73. The Morgan fingerprint density at radius 2 is 2.00 bits per heavy atom. The minimum Gasteiger partial charge on any atom is -0.497 e. The number of ether oxygens (including phenoxy) is 1. The van der Waals surface area contributed by atoms with Crippen molar-refractivity contribution in [1.82, 2.24) is 14.8 Å². The van der Waals surface area contributed by atoms with Crippen LogP contribution in [0.3, 0.4) is 0 Å². The van der Waals surface area contributed by atoms with Crippen molar-refractivity contribution in [3.05, 3.63) is 53.6 Å². The highest BCUT2D eigenvalue weighted by Crippen LogP contribution is 2.26. The Morgan fingerprint density at radius 3 is 2.70 bits per heavy atom. The van der Waals surface area contributed by atoms with Gasteiger partial charge < -0.3 is 14.6 Å². The molecule has 0 spiro atoms. The molecule has 0 aliphatic rings. The van der Waals surface area contributed by atoms with Gasteiger partial charge in [-0.25, -0.2) is 0 Å². The highest BCUT2D eigenvalue weighted by molar-refractivity contribution is 7.99. The summed E-state index contributed by atoms with van der Waals surface area (Å²) in [5, 5.41) is 12.7. The molecule has 0 fully saturated rings. The number of hydrogen-bond acceptors (Lipinski definition) is 5. The van der Waals surface area contributed by atoms with E-state index < -0.39 is 0 Å². The van der Waals surface area contributed by atoms with Crippen molar-refractivity contribution < 1.29 is 9.53 Å². The van der Waals surface area contributed by atoms with Crippen LogP contribution in [-0.4, -0.2) is 33.5 Å². The Labute approximate surface area is 166 Å². The summed E-state index contributed by atoms with van der Waals surface area (Å²) in [6.45, 7) is 2.71. The summed E-state index contributed by atoms with van der Waals surface area (Å²) < 4.78 is 7.26. The predicted molar refractivity (Wildman–Crippen MR) is 108 cm³/mol. The van der Waals surface area contributed by atoms with Crippen LogP contribution in [0.5, 0.6) is 5.75 Å². The van der Waals surface area contributed by atoms with Gasteiger partial charge in [-0.1, -0.05) is 35.5 Å². The zero-order chi connectivity index (χ0) is 19.2. The van der Waals surface area contributed by atoms with Crippen LogP contribution in [0.25, 0.3) is 11.4 Å². The van der Waals surface area contributed by atoms with E-state index in [9.17, 15) is 4.79 Å². The first-order chi connectivity index (χ1) is 13.1. The lowest BCUT2D eigenvalue weighted by atomic mass is 10.2. The summed E-state index contributed by atoms with van der Waals surface area (Å²) >= 11 is 7.20. The number of aromatic nitrogens is 3. The lowest BCUT2D eigenvalue weighted by Crippen LogP contribution is -2.14. The first-order valence-electron chi connectivity index (χ1n) is 8.36. The smallest absolute Gasteiger partial charge is 0.234 e. The maximum Gasteiger partial charge on any atom is 0.234 e. The normalized spacial score (nSPS) is 10.6. The average molecular weight is 403 g/mol. The number of benzene rings is 2. The van der Waals surface area contributed by atoms with Gasteiger partial charge in [-0.15, -0.1) is 10.2 Å². The van der Waals surface area contributed by atoms with E-state index in [2.05, 4.69) is 15.5 Å². The average Bonchev–Trinajstić information content (AvgIpc) is 3.11. The fourth-order valence-corrected chi connectivity index (χ4v) is 3.44. The summed E-state index contributed by atoms with van der Waals surface area (Å²) in [4.78, 5) is 12.2. The first kappa shape index (κ1) is 19.3. The molecule has 27 heavy (non-hydrogen) atoms. The second kappa shape index (κ2) is 8.92. The third kappa shape index (κ3) is 4.81. The van der Waals surface area contributed by atoms with Crippen molar-refractivity contribution in [3.8, 4) is 17.1 Å². The van der Waals surface area contributed by atoms with Crippen molar-refractivity contribution >= 4 is 35.0 Å². The van der Waals surface area contributed by atoms with Gasteiger partial charge in [-0.05, 0) is 43.3 Å². The Morgan fingerprint density at radius 1 is 1.22 bits per heavy atom. The van der Waals surface area contributed by atoms with Gasteiger partial charge in [0, 0.05) is 22.8 Å². The summed E-state index contributed by atoms with van der Waals surface area (Å²) in [5.41, 5.74) is 1.63. The molecule has 0 aliphatic carbocycles. The van der Waals surface area contributed by atoms with Crippen LogP contribution in [-0.2, 0) is 11.3 Å². The highest BCUT2D eigenvalue weighted by Gasteiger charge is 2.15. The van der Waals surface area contributed by atoms with Crippen LogP contribution >= 0.6 is 23.4 Å². The predicted octanol–water partition coefficient (Wildman–Crippen LogP) is 4.36. The number of halogens is 1. The molecule has 0 bridgehead atoms. The monoisotopic (exact) mass is 402 g/mol. The largest absolute Gasteiger partial charge is 0.497 e. The molecule has 8 heteroatoms. The standard InChI is InChI=1S/C19H19ClN4O2S/c1-3-24-18(13-5-4-6-16(11-13)26-2)22-23-19(24)27-12-17(25)21-15-9-7-14(20)8-10-15/h4-11H,3,12H2,1-2H3,(H,21,25). The summed E-state index contributed by atoms with van der Waals surface area (Å²) in [7, 11) is 1.63. The third-order valence-corrected chi connectivity index (χ3v) is 5.04. The van der Waals surface area contributed by atoms with E-state index in [-0.39, 0.29) is 11.7 Å². The number of methoxy groups -OCH3 is 1. The molecule has 1 amide bonds. The molecule has 6 nitrogen and oxygen atoms in total. The summed E-state index contributed by atoms with van der Waals surface area (Å²) in [6, 6.07) is 14.7. The van der Waals surface area contributed by atoms with Crippen LogP contribution < -0.4 is 10.1 Å². The lowest BCUT2D eigenvalue weighted by molar-refractivity contribution is -0.113. The number of carbonyl (C=O) groups excluding carboxylic acids is 1. The molecule has 3 aromatic rings. The maximum atomic E-state index is 12.2. The van der Waals surface area contributed by atoms with Gasteiger partial charge >= 0.3 is 0 Å². The molecule has 2 aromatic carbocycles. The Kier molecular flexibility index (Phi) is 6.36. The number of anilines is 1. The Bertz CT molecular complexity index is 928. The van der Waals surface area contributed by atoms with Crippen molar-refractivity contribution in [2.24, 2.45) is 0 Å². The van der Waals surface area contributed by atoms with Crippen LogP contribution in [0.4, 0.5) is 5.69 Å². The van der Waals surface area contributed by atoms with Gasteiger partial charge in [0.15, 0.2) is 11.0 Å². The van der Waals surface area contributed by atoms with E-state index >= 15 is 0 Å². The second-order valence-corrected chi connectivity index (χ2v) is 7.01. The molecule has 0 aliphatic heterocycles. The number of carbonyl (C=O) groups is 1. The molecule has 140 valence electrons. The SMILES string of the molecule is CCn1c(SCC(=O)Nc2ccc(Cl)cc2)nnc1-c1cccc(OC)c1. The van der Waals surface area contributed by atoms with Crippen molar-refractivity contribution in [2.45, 2.75) is 18.6 Å². The molecule has 0 atom stereocenters. The van der Waals surface area contributed by atoms with Crippen molar-refractivity contribution in [1.29, 1.82) is 0 Å². The van der Waals surface area contributed by atoms with Gasteiger partial charge in [0.2, 0.25) is 5.91 Å². The molecule has 0 saturated carbocycles. The van der Waals surface area contributed by atoms with E-state index in [1.165, 1.54) is 11.8 Å². The minimum atomic E-state index is -0.115. The molecular formula is C19H19ClN4O2S. The van der Waals surface area contributed by atoms with Crippen LogP contribution in [0.2, 0.25) is 5.02 Å². The van der Waals surface area contributed by atoms with Gasteiger partial charge in [0.05, 0.1) is 12.9 Å². The van der Waals surface area contributed by atoms with E-state index in [1.807, 2.05) is 35.8 Å². The highest BCUT2D eigenvalue weighted by atomic mass is 35.5. The van der Waals surface area contributed by atoms with E-state index in [1.54, 1.807) is 31.4 Å². The lowest BCUT2D eigenvalue weighted by Gasteiger charge is -2.09. The molecule has 0 saturated heterocycles. The van der Waals surface area contributed by atoms with Crippen molar-refractivity contribution in [2.75, 3.05) is 18.2 Å². The fraction of sp³-hybridized carbons (Fsp3) is 0.211. The molecule has 1 N–H and O–H groups in total. The zero-order valence-corrected chi connectivity index (χ0v) is 16.5. The number of hydrogen-bond donors (Lipinski definition) is 1. The number of nitrogens with zero attached hydrogens (tertiary/aromatic N) is 3. The molecule has 0 radical (unpaired) electrons. The fourth-order valence-electron chi connectivity index (χ4n) is 2.52. The topological polar surface area (TPSA) is 69.0 Å². The van der Waals surface area contributed by atoms with Crippen LogP contribution in [0.15, 0.2) is 53.7 Å².